The fourth-order valence-corrected chi connectivity index (χ4v) is 2.79. The zero-order valence-electron chi connectivity index (χ0n) is 13.5. The SMILES string of the molecule is N#Cc1ccc(-c2cc(N)nn2-c2cccc(-c3cn[nH]c3)c2)cc1F. The molecule has 26 heavy (non-hydrogen) atoms. The van der Waals surface area contributed by atoms with Crippen LogP contribution in [0, 0.1) is 17.1 Å². The molecule has 7 heteroatoms. The van der Waals surface area contributed by atoms with Crippen LogP contribution in [0.4, 0.5) is 10.2 Å². The lowest BCUT2D eigenvalue weighted by Gasteiger charge is -2.09. The molecule has 0 saturated carbocycles. The number of H-pyrrole nitrogens is 1. The molecule has 2 heterocycles. The van der Waals surface area contributed by atoms with Crippen molar-refractivity contribution in [3.8, 4) is 34.1 Å². The molecule has 3 N–H and O–H groups in total. The summed E-state index contributed by atoms with van der Waals surface area (Å²) in [5, 5.41) is 20.0. The van der Waals surface area contributed by atoms with E-state index in [1.54, 1.807) is 29.2 Å². The van der Waals surface area contributed by atoms with Crippen molar-refractivity contribution in [3.63, 3.8) is 0 Å². The zero-order chi connectivity index (χ0) is 18.1. The van der Waals surface area contributed by atoms with Crippen LogP contribution in [0.1, 0.15) is 5.56 Å². The molecule has 0 aliphatic rings. The molecule has 2 aromatic heterocycles. The third-order valence-electron chi connectivity index (χ3n) is 4.04. The highest BCUT2D eigenvalue weighted by Gasteiger charge is 2.13. The Labute approximate surface area is 148 Å². The minimum atomic E-state index is -0.580. The van der Waals surface area contributed by atoms with Crippen LogP contribution in [0.3, 0.4) is 0 Å². The summed E-state index contributed by atoms with van der Waals surface area (Å²) in [7, 11) is 0. The van der Waals surface area contributed by atoms with Gasteiger partial charge in [-0.25, -0.2) is 9.07 Å². The highest BCUT2D eigenvalue weighted by Crippen LogP contribution is 2.28. The summed E-state index contributed by atoms with van der Waals surface area (Å²) < 4.78 is 15.7. The number of aromatic nitrogens is 4. The first-order chi connectivity index (χ1) is 12.7. The Kier molecular flexibility index (Phi) is 3.71. The van der Waals surface area contributed by atoms with Crippen molar-refractivity contribution in [1.29, 1.82) is 5.26 Å². The third-order valence-corrected chi connectivity index (χ3v) is 4.04. The highest BCUT2D eigenvalue weighted by molar-refractivity contribution is 5.69. The molecule has 0 fully saturated rings. The molecule has 4 aromatic rings. The van der Waals surface area contributed by atoms with Gasteiger partial charge >= 0.3 is 0 Å². The zero-order valence-corrected chi connectivity index (χ0v) is 13.5. The molecule has 0 atom stereocenters. The van der Waals surface area contributed by atoms with Crippen molar-refractivity contribution < 1.29 is 4.39 Å². The molecule has 0 radical (unpaired) electrons. The second-order valence-electron chi connectivity index (χ2n) is 5.71. The Morgan fingerprint density at radius 3 is 2.69 bits per heavy atom. The lowest BCUT2D eigenvalue weighted by Crippen LogP contribution is -2.00. The van der Waals surface area contributed by atoms with Gasteiger partial charge in [0.05, 0.1) is 23.1 Å². The Morgan fingerprint density at radius 1 is 1.08 bits per heavy atom. The van der Waals surface area contributed by atoms with Crippen LogP contribution in [-0.2, 0) is 0 Å². The van der Waals surface area contributed by atoms with E-state index in [0.717, 1.165) is 16.8 Å². The van der Waals surface area contributed by atoms with Gasteiger partial charge in [0, 0.05) is 23.4 Å². The van der Waals surface area contributed by atoms with E-state index in [0.29, 0.717) is 17.1 Å². The van der Waals surface area contributed by atoms with Gasteiger partial charge in [-0.1, -0.05) is 18.2 Å². The van der Waals surface area contributed by atoms with Crippen LogP contribution >= 0.6 is 0 Å². The van der Waals surface area contributed by atoms with E-state index in [1.807, 2.05) is 30.3 Å². The maximum Gasteiger partial charge on any atom is 0.146 e. The van der Waals surface area contributed by atoms with Gasteiger partial charge in [-0.05, 0) is 29.8 Å². The maximum atomic E-state index is 14.0. The fourth-order valence-electron chi connectivity index (χ4n) is 2.79. The first kappa shape index (κ1) is 15.6. The van der Waals surface area contributed by atoms with E-state index in [9.17, 15) is 4.39 Å². The molecule has 4 rings (SSSR count). The van der Waals surface area contributed by atoms with Crippen molar-refractivity contribution in [2.24, 2.45) is 0 Å². The normalized spacial score (nSPS) is 10.6. The standard InChI is InChI=1S/C19H13FN6/c20-17-7-13(4-5-14(17)9-21)18-8-19(22)25-26(18)16-3-1-2-12(6-16)15-10-23-24-11-15/h1-8,10-11H,(H2,22,25)(H,23,24). The Balaban J connectivity index is 1.83. The molecule has 0 aliphatic heterocycles. The number of hydrogen-bond donors (Lipinski definition) is 2. The number of nitrogen functional groups attached to an aromatic ring is 1. The van der Waals surface area contributed by atoms with E-state index in [2.05, 4.69) is 15.3 Å². The number of nitrogens with two attached hydrogens (primary N) is 1. The Hall–Kier alpha value is -3.92. The summed E-state index contributed by atoms with van der Waals surface area (Å²) in [6.07, 6.45) is 3.53. The largest absolute Gasteiger partial charge is 0.382 e. The lowest BCUT2D eigenvalue weighted by molar-refractivity contribution is 0.624. The van der Waals surface area contributed by atoms with Crippen molar-refractivity contribution in [1.82, 2.24) is 20.0 Å². The van der Waals surface area contributed by atoms with Crippen molar-refractivity contribution in [2.75, 3.05) is 5.73 Å². The third kappa shape index (κ3) is 2.70. The average Bonchev–Trinajstić information content (AvgIpc) is 3.31. The number of nitrogens with one attached hydrogen (secondary N) is 1. The number of halogens is 1. The first-order valence-electron chi connectivity index (χ1n) is 7.81. The summed E-state index contributed by atoms with van der Waals surface area (Å²) >= 11 is 0. The molecule has 0 unspecified atom stereocenters. The first-order valence-corrected chi connectivity index (χ1v) is 7.81. The van der Waals surface area contributed by atoms with Crippen LogP contribution in [0.25, 0.3) is 28.1 Å². The molecule has 0 amide bonds. The van der Waals surface area contributed by atoms with E-state index in [-0.39, 0.29) is 5.56 Å². The number of anilines is 1. The number of hydrogen-bond acceptors (Lipinski definition) is 4. The van der Waals surface area contributed by atoms with Gasteiger partial charge in [0.2, 0.25) is 0 Å². The highest BCUT2D eigenvalue weighted by atomic mass is 19.1. The number of aromatic amines is 1. The lowest BCUT2D eigenvalue weighted by atomic mass is 10.1. The summed E-state index contributed by atoms with van der Waals surface area (Å²) in [5.41, 5.74) is 9.78. The van der Waals surface area contributed by atoms with Crippen molar-refractivity contribution >= 4 is 5.82 Å². The molecule has 6 nitrogen and oxygen atoms in total. The fraction of sp³-hybridized carbons (Fsp3) is 0. The summed E-state index contributed by atoms with van der Waals surface area (Å²) in [4.78, 5) is 0. The molecule has 0 bridgehead atoms. The van der Waals surface area contributed by atoms with E-state index < -0.39 is 5.82 Å². The molecular weight excluding hydrogens is 331 g/mol. The van der Waals surface area contributed by atoms with Gasteiger partial charge in [0.15, 0.2) is 0 Å². The van der Waals surface area contributed by atoms with Crippen molar-refractivity contribution in [3.05, 3.63) is 72.3 Å². The quantitative estimate of drug-likeness (QED) is 0.594. The molecule has 2 aromatic carbocycles. The number of rotatable bonds is 3. The van der Waals surface area contributed by atoms with Crippen LogP contribution in [0.5, 0.6) is 0 Å². The van der Waals surface area contributed by atoms with E-state index >= 15 is 0 Å². The Bertz CT molecular complexity index is 1120. The van der Waals surface area contributed by atoms with Crippen LogP contribution in [-0.4, -0.2) is 20.0 Å². The second-order valence-corrected chi connectivity index (χ2v) is 5.71. The van der Waals surface area contributed by atoms with Crippen LogP contribution < -0.4 is 5.73 Å². The predicted octanol–water partition coefficient (Wildman–Crippen LogP) is 3.52. The second kappa shape index (κ2) is 6.18. The van der Waals surface area contributed by atoms with E-state index in [1.165, 1.54) is 12.1 Å². The maximum absolute atomic E-state index is 14.0. The van der Waals surface area contributed by atoms with Gasteiger partial charge in [0.1, 0.15) is 17.7 Å². The van der Waals surface area contributed by atoms with Crippen LogP contribution in [0.15, 0.2) is 60.9 Å². The van der Waals surface area contributed by atoms with Crippen LogP contribution in [0.2, 0.25) is 0 Å². The molecule has 0 spiro atoms. The monoisotopic (exact) mass is 344 g/mol. The molecule has 0 saturated heterocycles. The van der Waals surface area contributed by atoms with Gasteiger partial charge < -0.3 is 5.73 Å². The smallest absolute Gasteiger partial charge is 0.146 e. The average molecular weight is 344 g/mol. The molecular formula is C19H13FN6. The topological polar surface area (TPSA) is 96.3 Å². The summed E-state index contributed by atoms with van der Waals surface area (Å²) in [6, 6.07) is 15.6. The minimum absolute atomic E-state index is 0.00487. The number of benzene rings is 2. The van der Waals surface area contributed by atoms with Gasteiger partial charge in [-0.15, -0.1) is 0 Å². The predicted molar refractivity (Wildman–Crippen MR) is 95.7 cm³/mol. The van der Waals surface area contributed by atoms with Gasteiger partial charge in [0.25, 0.3) is 0 Å². The van der Waals surface area contributed by atoms with Gasteiger partial charge in [-0.2, -0.15) is 15.5 Å². The molecule has 0 aliphatic carbocycles. The number of nitriles is 1. The molecule has 126 valence electrons. The summed E-state index contributed by atoms with van der Waals surface area (Å²) in [5.74, 6) is -0.262. The summed E-state index contributed by atoms with van der Waals surface area (Å²) in [6.45, 7) is 0. The Morgan fingerprint density at radius 2 is 1.96 bits per heavy atom. The van der Waals surface area contributed by atoms with E-state index in [4.69, 9.17) is 11.0 Å². The van der Waals surface area contributed by atoms with Gasteiger partial charge in [-0.3, -0.25) is 5.10 Å². The number of nitrogens with zero attached hydrogens (tertiary/aromatic N) is 4. The van der Waals surface area contributed by atoms with Crippen molar-refractivity contribution in [2.45, 2.75) is 0 Å². The minimum Gasteiger partial charge on any atom is -0.382 e.